The van der Waals surface area contributed by atoms with Gasteiger partial charge in [-0.15, -0.1) is 0 Å². The van der Waals surface area contributed by atoms with Crippen LogP contribution in [0.4, 0.5) is 0 Å². The van der Waals surface area contributed by atoms with Crippen molar-refractivity contribution in [2.45, 2.75) is 80.6 Å². The van der Waals surface area contributed by atoms with Gasteiger partial charge in [-0.25, -0.2) is 33.6 Å². The van der Waals surface area contributed by atoms with E-state index in [-0.39, 0.29) is 38.9 Å². The number of ether oxygens (including phenoxy) is 10. The zero-order chi connectivity index (χ0) is 67.1. The summed E-state index contributed by atoms with van der Waals surface area (Å²) in [6, 6.07) is 74.4. The van der Waals surface area contributed by atoms with E-state index in [0.717, 1.165) is 10.4 Å². The van der Waals surface area contributed by atoms with Crippen LogP contribution in [0.2, 0.25) is 5.04 Å². The molecule has 96 heavy (non-hydrogen) atoms. The SMILES string of the molecule is CC(C)(C)[Si](OC[C@@]1(O[C@H]2O[C@H](COC(=O)c3ccccc3)[C@@H](OC(=O)c3ccccc3)[C@H](OC(=O)c3ccccc3)[C@H]2OC(=O)c2ccccc2)O[C@H](COC(=O)c2ccccc2)[C@@H](OC(=O)c2ccccc2)[C@@H]1OC(=O)c1ccccc1)(c1ccccc1)c1ccccc1. The molecule has 0 aromatic heterocycles. The highest BCUT2D eigenvalue weighted by atomic mass is 28.4. The van der Waals surface area contributed by atoms with Gasteiger partial charge >= 0.3 is 41.8 Å². The summed E-state index contributed by atoms with van der Waals surface area (Å²) in [7, 11) is -3.87. The highest BCUT2D eigenvalue weighted by Gasteiger charge is 2.66. The van der Waals surface area contributed by atoms with Crippen molar-refractivity contribution in [1.82, 2.24) is 0 Å². The van der Waals surface area contributed by atoms with Gasteiger partial charge in [0.15, 0.2) is 30.5 Å². The highest BCUT2D eigenvalue weighted by molar-refractivity contribution is 6.99. The Morgan fingerprint density at radius 1 is 0.354 bits per heavy atom. The van der Waals surface area contributed by atoms with Gasteiger partial charge < -0.3 is 51.8 Å². The van der Waals surface area contributed by atoms with Crippen LogP contribution in [-0.2, 0) is 51.8 Å². The molecule has 0 unspecified atom stereocenters. The molecule has 2 aliphatic rings. The smallest absolute Gasteiger partial charge is 0.338 e. The number of hydrogen-bond donors (Lipinski definition) is 0. The van der Waals surface area contributed by atoms with Crippen molar-refractivity contribution in [3.05, 3.63) is 312 Å². The number of rotatable bonds is 23. The second-order valence-corrected chi connectivity index (χ2v) is 28.0. The lowest BCUT2D eigenvalue weighted by Crippen LogP contribution is -2.69. The fourth-order valence-corrected chi connectivity index (χ4v) is 16.2. The summed E-state index contributed by atoms with van der Waals surface area (Å²) in [5.41, 5.74) is 0.388. The van der Waals surface area contributed by atoms with Crippen LogP contribution in [0, 0.1) is 0 Å². The van der Waals surface area contributed by atoms with Crippen molar-refractivity contribution < 1.29 is 85.4 Å². The Balaban J connectivity index is 1.15. The molecule has 2 saturated heterocycles. The van der Waals surface area contributed by atoms with E-state index in [1.807, 2.05) is 81.4 Å². The van der Waals surface area contributed by atoms with Crippen molar-refractivity contribution in [1.29, 1.82) is 0 Å². The van der Waals surface area contributed by atoms with Crippen molar-refractivity contribution >= 4 is 60.5 Å². The Bertz CT molecular complexity index is 4040. The van der Waals surface area contributed by atoms with Crippen LogP contribution < -0.4 is 10.4 Å². The van der Waals surface area contributed by atoms with Crippen LogP contribution in [0.1, 0.15) is 93.3 Å². The normalized spacial score (nSPS) is 20.7. The van der Waals surface area contributed by atoms with Gasteiger partial charge in [0.25, 0.3) is 8.32 Å². The number of carbonyl (C=O) groups is 7. The minimum Gasteiger partial charge on any atom is -0.459 e. The molecular formula is C77H68O18Si. The lowest BCUT2D eigenvalue weighted by atomic mass is 9.97. The van der Waals surface area contributed by atoms with Crippen molar-refractivity contribution in [3.8, 4) is 0 Å². The summed E-state index contributed by atoms with van der Waals surface area (Å²) >= 11 is 0. The zero-order valence-corrected chi connectivity index (χ0v) is 53.6. The second-order valence-electron chi connectivity index (χ2n) is 23.6. The van der Waals surface area contributed by atoms with Gasteiger partial charge in [0, 0.05) is 0 Å². The van der Waals surface area contributed by atoms with Crippen molar-refractivity contribution in [2.24, 2.45) is 0 Å². The van der Waals surface area contributed by atoms with E-state index in [2.05, 4.69) is 0 Å². The Kier molecular flexibility index (Phi) is 21.3. The summed E-state index contributed by atoms with van der Waals surface area (Å²) < 4.78 is 74.6. The molecule has 18 nitrogen and oxygen atoms in total. The Hall–Kier alpha value is -10.7. The van der Waals surface area contributed by atoms with Crippen LogP contribution >= 0.6 is 0 Å². The molecule has 9 aromatic rings. The van der Waals surface area contributed by atoms with E-state index >= 15 is 9.59 Å². The molecule has 9 atom stereocenters. The fraction of sp³-hybridized carbons (Fsp3) is 0.208. The van der Waals surface area contributed by atoms with Crippen LogP contribution in [0.15, 0.2) is 273 Å². The summed E-state index contributed by atoms with van der Waals surface area (Å²) in [5.74, 6) is -9.32. The third-order valence-electron chi connectivity index (χ3n) is 16.3. The highest BCUT2D eigenvalue weighted by Crippen LogP contribution is 2.45. The molecule has 11 rings (SSSR count). The maximum absolute atomic E-state index is 15.3. The van der Waals surface area contributed by atoms with Gasteiger partial charge in [0.2, 0.25) is 12.1 Å². The molecule has 0 aliphatic carbocycles. The van der Waals surface area contributed by atoms with Gasteiger partial charge in [-0.05, 0) is 100 Å². The van der Waals surface area contributed by atoms with Gasteiger partial charge in [-0.2, -0.15) is 0 Å². The van der Waals surface area contributed by atoms with E-state index in [4.69, 9.17) is 51.8 Å². The molecule has 0 bridgehead atoms. The fourth-order valence-electron chi connectivity index (χ4n) is 11.6. The zero-order valence-electron chi connectivity index (χ0n) is 52.6. The topological polar surface area (TPSA) is 221 Å². The van der Waals surface area contributed by atoms with Crippen LogP contribution in [0.25, 0.3) is 0 Å². The maximum atomic E-state index is 15.3. The molecule has 19 heteroatoms. The van der Waals surface area contributed by atoms with Gasteiger partial charge in [0.05, 0.1) is 45.6 Å². The van der Waals surface area contributed by atoms with Gasteiger partial charge in [0.1, 0.15) is 25.4 Å². The number of hydrogen-bond acceptors (Lipinski definition) is 18. The van der Waals surface area contributed by atoms with Crippen LogP contribution in [0.3, 0.4) is 0 Å². The van der Waals surface area contributed by atoms with Crippen LogP contribution in [-0.4, -0.2) is 125 Å². The molecule has 9 aromatic carbocycles. The van der Waals surface area contributed by atoms with E-state index in [0.29, 0.717) is 0 Å². The molecule has 0 amide bonds. The average Bonchev–Trinajstić information content (AvgIpc) is 1.55. The third-order valence-corrected chi connectivity index (χ3v) is 21.3. The molecule has 0 N–H and O–H groups in total. The lowest BCUT2D eigenvalue weighted by molar-refractivity contribution is -0.380. The first-order chi connectivity index (χ1) is 46.6. The van der Waals surface area contributed by atoms with E-state index in [1.54, 1.807) is 127 Å². The first-order valence-electron chi connectivity index (χ1n) is 31.1. The van der Waals surface area contributed by atoms with E-state index in [1.165, 1.54) is 84.9 Å². The molecule has 2 fully saturated rings. The first kappa shape index (κ1) is 66.8. The van der Waals surface area contributed by atoms with Crippen molar-refractivity contribution in [2.75, 3.05) is 19.8 Å². The largest absolute Gasteiger partial charge is 0.459 e. The number of carbonyl (C=O) groups excluding carboxylic acids is 7. The first-order valence-corrected chi connectivity index (χ1v) is 33.0. The molecule has 2 aliphatic heterocycles. The predicted molar refractivity (Wildman–Crippen MR) is 353 cm³/mol. The van der Waals surface area contributed by atoms with Crippen molar-refractivity contribution in [3.63, 3.8) is 0 Å². The Morgan fingerprint density at radius 2 is 0.646 bits per heavy atom. The molecular weight excluding hydrogens is 1240 g/mol. The average molecular weight is 1310 g/mol. The minimum atomic E-state index is -3.87. The van der Waals surface area contributed by atoms with Gasteiger partial charge in [-0.3, -0.25) is 0 Å². The quantitative estimate of drug-likeness (QED) is 0.0330. The number of benzene rings is 9. The Labute approximate surface area is 555 Å². The van der Waals surface area contributed by atoms with Crippen LogP contribution in [0.5, 0.6) is 0 Å². The van der Waals surface area contributed by atoms with E-state index < -0.39 is 130 Å². The molecule has 0 saturated carbocycles. The number of esters is 7. The molecule has 488 valence electrons. The molecule has 0 radical (unpaired) electrons. The lowest BCUT2D eigenvalue weighted by Gasteiger charge is -2.48. The van der Waals surface area contributed by atoms with E-state index in [9.17, 15) is 24.0 Å². The second kappa shape index (κ2) is 30.6. The predicted octanol–water partition coefficient (Wildman–Crippen LogP) is 11.2. The minimum absolute atomic E-state index is 0.00735. The summed E-state index contributed by atoms with van der Waals surface area (Å²) in [6.45, 7) is 3.77. The molecule has 0 spiro atoms. The summed E-state index contributed by atoms with van der Waals surface area (Å²) in [5, 5.41) is 0.718. The van der Waals surface area contributed by atoms with Gasteiger partial charge in [-0.1, -0.05) is 209 Å². The monoisotopic (exact) mass is 1310 g/mol. The third kappa shape index (κ3) is 15.4. The Morgan fingerprint density at radius 3 is 1.00 bits per heavy atom. The maximum Gasteiger partial charge on any atom is 0.338 e. The summed E-state index contributed by atoms with van der Waals surface area (Å²) in [4.78, 5) is 103. The summed E-state index contributed by atoms with van der Waals surface area (Å²) in [6.07, 6.45) is -15.3. The standard InChI is InChI=1S/C77H68O18Si/c1-76(2,3)96(59-45-27-11-28-46-59,60-47-29-12-30-48-60)87-51-77(67(93-74(84)58-43-25-10-26-44-58)64(90-71(81)55-37-19-7-20-38-55)62(94-77)50-86-69(79)53-33-15-5-16-34-53)95-75-66(92-73(83)57-41-23-9-24-42-57)65(91-72(82)56-39-21-8-22-40-56)63(89-70(80)54-35-17-6-18-36-54)61(88-75)49-85-68(78)52-31-13-4-14-32-52/h4-48,61-67,75H,49-51H2,1-3H3/t61-,62-,63-,64-,65+,66-,67+,75-,77+/m1/s1. The molecule has 2 heterocycles.